The van der Waals surface area contributed by atoms with E-state index in [4.69, 9.17) is 9.73 Å². The van der Waals surface area contributed by atoms with E-state index in [9.17, 15) is 9.59 Å². The molecule has 0 bridgehead atoms. The number of nitrogens with zero attached hydrogens (tertiary/aromatic N) is 2. The molecule has 0 spiro atoms. The number of amides is 2. The maximum absolute atomic E-state index is 12.4. The fourth-order valence-corrected chi connectivity index (χ4v) is 3.69. The summed E-state index contributed by atoms with van der Waals surface area (Å²) in [7, 11) is 1.68. The molecule has 1 aliphatic rings. The molecular formula is C24H40IN5O3. The lowest BCUT2D eigenvalue weighted by molar-refractivity contribution is -0.121. The van der Waals surface area contributed by atoms with Crippen molar-refractivity contribution in [1.29, 1.82) is 0 Å². The first-order valence-electron chi connectivity index (χ1n) is 11.5. The summed E-state index contributed by atoms with van der Waals surface area (Å²) in [5.74, 6) is 1.33. The van der Waals surface area contributed by atoms with E-state index in [-0.39, 0.29) is 35.9 Å². The number of hydrogen-bond donors (Lipinski definition) is 3. The summed E-state index contributed by atoms with van der Waals surface area (Å²) < 4.78 is 5.46. The maximum Gasteiger partial charge on any atom is 0.408 e. The van der Waals surface area contributed by atoms with Crippen molar-refractivity contribution in [3.05, 3.63) is 35.9 Å². The third-order valence-electron chi connectivity index (χ3n) is 5.32. The summed E-state index contributed by atoms with van der Waals surface area (Å²) in [6.07, 6.45) is 2.03. The van der Waals surface area contributed by atoms with Gasteiger partial charge in [0.05, 0.1) is 12.6 Å². The summed E-state index contributed by atoms with van der Waals surface area (Å²) in [5, 5.41) is 9.05. The molecule has 1 aromatic carbocycles. The minimum absolute atomic E-state index is 0. The normalized spacial score (nSPS) is 15.8. The lowest BCUT2D eigenvalue weighted by Gasteiger charge is -2.34. The second-order valence-electron chi connectivity index (χ2n) is 9.11. The van der Waals surface area contributed by atoms with Gasteiger partial charge in [0.1, 0.15) is 5.60 Å². The average Bonchev–Trinajstić information content (AvgIpc) is 2.75. The van der Waals surface area contributed by atoms with Crippen LogP contribution in [0.2, 0.25) is 0 Å². The Bertz CT molecular complexity index is 759. The van der Waals surface area contributed by atoms with E-state index in [1.54, 1.807) is 7.05 Å². The van der Waals surface area contributed by atoms with Gasteiger partial charge in [-0.2, -0.15) is 0 Å². The maximum atomic E-state index is 12.4. The molecule has 186 valence electrons. The van der Waals surface area contributed by atoms with Crippen LogP contribution >= 0.6 is 24.0 Å². The number of guanidine groups is 1. The highest BCUT2D eigenvalue weighted by molar-refractivity contribution is 14.0. The Kier molecular flexibility index (Phi) is 12.5. The quantitative estimate of drug-likeness (QED) is 0.263. The van der Waals surface area contributed by atoms with E-state index in [0.29, 0.717) is 18.9 Å². The van der Waals surface area contributed by atoms with Crippen molar-refractivity contribution in [3.8, 4) is 0 Å². The molecule has 1 saturated heterocycles. The SMILES string of the molecule is CCNC(=NCC(NC(=O)OC(C)(C)C)c1ccccc1)N1CCC(CC(=O)NC)CC1.I. The van der Waals surface area contributed by atoms with Gasteiger partial charge in [-0.05, 0) is 52.0 Å². The van der Waals surface area contributed by atoms with Crippen molar-refractivity contribution in [1.82, 2.24) is 20.9 Å². The van der Waals surface area contributed by atoms with Crippen LogP contribution in [0.15, 0.2) is 35.3 Å². The first-order valence-corrected chi connectivity index (χ1v) is 11.5. The van der Waals surface area contributed by atoms with Crippen LogP contribution in [0.1, 0.15) is 58.6 Å². The smallest absolute Gasteiger partial charge is 0.408 e. The number of aliphatic imine (C=N–C) groups is 1. The van der Waals surface area contributed by atoms with Gasteiger partial charge in [-0.3, -0.25) is 9.79 Å². The Hall–Kier alpha value is -2.04. The summed E-state index contributed by atoms with van der Waals surface area (Å²) in [6, 6.07) is 9.51. The van der Waals surface area contributed by atoms with Gasteiger partial charge in [0.15, 0.2) is 5.96 Å². The molecule has 1 heterocycles. The number of piperidine rings is 1. The van der Waals surface area contributed by atoms with Crippen LogP contribution in [0.5, 0.6) is 0 Å². The van der Waals surface area contributed by atoms with Crippen LogP contribution < -0.4 is 16.0 Å². The van der Waals surface area contributed by atoms with Gasteiger partial charge < -0.3 is 25.6 Å². The van der Waals surface area contributed by atoms with Gasteiger partial charge in [0.25, 0.3) is 0 Å². The third-order valence-corrected chi connectivity index (χ3v) is 5.32. The predicted molar refractivity (Wildman–Crippen MR) is 143 cm³/mol. The van der Waals surface area contributed by atoms with Crippen molar-refractivity contribution in [2.24, 2.45) is 10.9 Å². The minimum atomic E-state index is -0.567. The number of halogens is 1. The summed E-state index contributed by atoms with van der Waals surface area (Å²) in [5.41, 5.74) is 0.407. The third kappa shape index (κ3) is 10.6. The molecule has 3 N–H and O–H groups in total. The van der Waals surface area contributed by atoms with Gasteiger partial charge in [0.2, 0.25) is 5.91 Å². The molecule has 1 fully saturated rings. The first-order chi connectivity index (χ1) is 15.2. The molecule has 1 unspecified atom stereocenters. The van der Waals surface area contributed by atoms with Crippen LogP contribution in [-0.2, 0) is 9.53 Å². The van der Waals surface area contributed by atoms with Crippen LogP contribution in [0, 0.1) is 5.92 Å². The monoisotopic (exact) mass is 573 g/mol. The number of likely N-dealkylation sites (tertiary alicyclic amines) is 1. The van der Waals surface area contributed by atoms with E-state index in [2.05, 4.69) is 20.9 Å². The zero-order valence-corrected chi connectivity index (χ0v) is 22.8. The molecule has 0 aromatic heterocycles. The molecule has 8 nitrogen and oxygen atoms in total. The molecule has 0 saturated carbocycles. The summed E-state index contributed by atoms with van der Waals surface area (Å²) >= 11 is 0. The minimum Gasteiger partial charge on any atom is -0.444 e. The molecule has 2 amide bonds. The standard InChI is InChI=1S/C24H39N5O3.HI/c1-6-26-22(29-14-12-18(13-15-29)16-21(30)25-5)27-17-20(19-10-8-7-9-11-19)28-23(31)32-24(2,3)4;/h7-11,18,20H,6,12-17H2,1-5H3,(H,25,30)(H,26,27)(H,28,31);1H. The van der Waals surface area contributed by atoms with E-state index in [1.165, 1.54) is 0 Å². The van der Waals surface area contributed by atoms with E-state index < -0.39 is 11.7 Å². The van der Waals surface area contributed by atoms with Crippen molar-refractivity contribution < 1.29 is 14.3 Å². The molecule has 0 radical (unpaired) electrons. The van der Waals surface area contributed by atoms with Gasteiger partial charge in [-0.1, -0.05) is 30.3 Å². The molecule has 9 heteroatoms. The molecule has 1 aliphatic heterocycles. The highest BCUT2D eigenvalue weighted by Crippen LogP contribution is 2.21. The molecule has 0 aliphatic carbocycles. The average molecular weight is 574 g/mol. The molecular weight excluding hydrogens is 533 g/mol. The Morgan fingerprint density at radius 3 is 2.36 bits per heavy atom. The number of rotatable bonds is 7. The topological polar surface area (TPSA) is 95.1 Å². The lowest BCUT2D eigenvalue weighted by Crippen LogP contribution is -2.46. The Morgan fingerprint density at radius 1 is 1.18 bits per heavy atom. The molecule has 2 rings (SSSR count). The number of benzene rings is 1. The number of hydrogen-bond acceptors (Lipinski definition) is 4. The molecule has 33 heavy (non-hydrogen) atoms. The van der Waals surface area contributed by atoms with E-state index >= 15 is 0 Å². The fraction of sp³-hybridized carbons (Fsp3) is 0.625. The van der Waals surface area contributed by atoms with Gasteiger partial charge in [-0.15, -0.1) is 24.0 Å². The second-order valence-corrected chi connectivity index (χ2v) is 9.11. The Balaban J connectivity index is 0.00000544. The predicted octanol–water partition coefficient (Wildman–Crippen LogP) is 3.68. The van der Waals surface area contributed by atoms with Gasteiger partial charge in [0, 0.05) is 33.1 Å². The second kappa shape index (κ2) is 14.3. The zero-order valence-electron chi connectivity index (χ0n) is 20.5. The van der Waals surface area contributed by atoms with E-state index in [1.807, 2.05) is 58.0 Å². The van der Waals surface area contributed by atoms with Crippen molar-refractivity contribution in [2.45, 2.75) is 58.6 Å². The van der Waals surface area contributed by atoms with Gasteiger partial charge in [-0.25, -0.2) is 4.79 Å². The Labute approximate surface area is 215 Å². The highest BCUT2D eigenvalue weighted by Gasteiger charge is 2.24. The lowest BCUT2D eigenvalue weighted by atomic mass is 9.93. The van der Waals surface area contributed by atoms with Crippen LogP contribution in [-0.4, -0.2) is 61.7 Å². The number of carbonyl (C=O) groups is 2. The van der Waals surface area contributed by atoms with Crippen LogP contribution in [0.25, 0.3) is 0 Å². The molecule has 1 atom stereocenters. The van der Waals surface area contributed by atoms with Crippen molar-refractivity contribution in [3.63, 3.8) is 0 Å². The van der Waals surface area contributed by atoms with Crippen LogP contribution in [0.3, 0.4) is 0 Å². The zero-order chi connectivity index (χ0) is 23.6. The fourth-order valence-electron chi connectivity index (χ4n) is 3.69. The summed E-state index contributed by atoms with van der Waals surface area (Å²) in [6.45, 7) is 10.4. The molecule has 1 aromatic rings. The number of nitrogens with one attached hydrogen (secondary N) is 3. The number of ether oxygens (including phenoxy) is 1. The number of alkyl carbamates (subject to hydrolysis) is 1. The summed E-state index contributed by atoms with van der Waals surface area (Å²) in [4.78, 5) is 31.2. The number of carbonyl (C=O) groups excluding carboxylic acids is 2. The highest BCUT2D eigenvalue weighted by atomic mass is 127. The first kappa shape index (κ1) is 29.0. The van der Waals surface area contributed by atoms with Crippen molar-refractivity contribution in [2.75, 3.05) is 33.2 Å². The largest absolute Gasteiger partial charge is 0.444 e. The Morgan fingerprint density at radius 2 is 1.82 bits per heavy atom. The van der Waals surface area contributed by atoms with E-state index in [0.717, 1.165) is 44.0 Å². The van der Waals surface area contributed by atoms with Crippen LogP contribution in [0.4, 0.5) is 4.79 Å². The van der Waals surface area contributed by atoms with Crippen molar-refractivity contribution >= 4 is 41.9 Å². The van der Waals surface area contributed by atoms with Gasteiger partial charge >= 0.3 is 6.09 Å².